The molecule has 1 atom stereocenters. The van der Waals surface area contributed by atoms with Crippen LogP contribution in [0.2, 0.25) is 0 Å². The van der Waals surface area contributed by atoms with Crippen LogP contribution in [0.25, 0.3) is 0 Å². The average molecular weight is 212 g/mol. The van der Waals surface area contributed by atoms with Crippen LogP contribution in [-0.4, -0.2) is 19.9 Å². The van der Waals surface area contributed by atoms with Crippen molar-refractivity contribution in [2.45, 2.75) is 26.2 Å². The van der Waals surface area contributed by atoms with Crippen LogP contribution in [0.1, 0.15) is 26.2 Å². The molecule has 0 radical (unpaired) electrons. The molecule has 0 amide bonds. The van der Waals surface area contributed by atoms with Crippen LogP contribution < -0.4 is 0 Å². The standard InChI is InChI=1S/C12H21OP/c1-6-9-12(8-3,10-7-2)11-13-14(4)5/h1,7H,2,8-11H2,3-5H3. The van der Waals surface area contributed by atoms with Gasteiger partial charge in [-0.15, -0.1) is 18.9 Å². The van der Waals surface area contributed by atoms with E-state index in [1.807, 2.05) is 6.08 Å². The van der Waals surface area contributed by atoms with Gasteiger partial charge in [-0.2, -0.15) is 0 Å². The van der Waals surface area contributed by atoms with Gasteiger partial charge in [-0.3, -0.25) is 0 Å². The lowest BCUT2D eigenvalue weighted by Crippen LogP contribution is -2.24. The van der Waals surface area contributed by atoms with E-state index in [4.69, 9.17) is 10.9 Å². The first kappa shape index (κ1) is 13.7. The second-order valence-corrected chi connectivity index (χ2v) is 5.70. The lowest BCUT2D eigenvalue weighted by atomic mass is 9.80. The van der Waals surface area contributed by atoms with Crippen LogP contribution in [0.5, 0.6) is 0 Å². The fourth-order valence-corrected chi connectivity index (χ4v) is 1.87. The summed E-state index contributed by atoms with van der Waals surface area (Å²) in [4.78, 5) is 0. The Morgan fingerprint density at radius 3 is 2.57 bits per heavy atom. The summed E-state index contributed by atoms with van der Waals surface area (Å²) in [5.41, 5.74) is 0.114. The Hall–Kier alpha value is -0.310. The molecule has 0 N–H and O–H groups in total. The summed E-state index contributed by atoms with van der Waals surface area (Å²) in [6.07, 6.45) is 10.1. The average Bonchev–Trinajstić information content (AvgIpc) is 2.15. The maximum atomic E-state index is 5.72. The topological polar surface area (TPSA) is 9.23 Å². The number of allylic oxidation sites excluding steroid dienone is 1. The molecule has 0 aromatic rings. The zero-order valence-electron chi connectivity index (χ0n) is 9.55. The van der Waals surface area contributed by atoms with Crippen molar-refractivity contribution < 1.29 is 4.52 Å². The Kier molecular flexibility index (Phi) is 6.89. The monoisotopic (exact) mass is 212 g/mol. The van der Waals surface area contributed by atoms with Crippen LogP contribution in [0.4, 0.5) is 0 Å². The summed E-state index contributed by atoms with van der Waals surface area (Å²) in [6, 6.07) is 0. The Morgan fingerprint density at radius 1 is 1.57 bits per heavy atom. The molecule has 0 heterocycles. The van der Waals surface area contributed by atoms with Gasteiger partial charge in [0.2, 0.25) is 0 Å². The normalized spacial score (nSPS) is 14.8. The molecule has 0 aliphatic rings. The third-order valence-corrected chi connectivity index (χ3v) is 3.08. The summed E-state index contributed by atoms with van der Waals surface area (Å²) in [6.45, 7) is 10.9. The van der Waals surface area contributed by atoms with Crippen molar-refractivity contribution in [2.75, 3.05) is 19.9 Å². The minimum Gasteiger partial charge on any atom is -0.359 e. The smallest absolute Gasteiger partial charge is 0.0577 e. The summed E-state index contributed by atoms with van der Waals surface area (Å²) in [5, 5.41) is 0. The van der Waals surface area contributed by atoms with Gasteiger partial charge in [0.1, 0.15) is 0 Å². The minimum absolute atomic E-state index is 0.114. The van der Waals surface area contributed by atoms with E-state index in [9.17, 15) is 0 Å². The van der Waals surface area contributed by atoms with Crippen molar-refractivity contribution in [2.24, 2.45) is 5.41 Å². The highest BCUT2D eigenvalue weighted by molar-refractivity contribution is 7.50. The quantitative estimate of drug-likeness (QED) is 0.355. The van der Waals surface area contributed by atoms with E-state index >= 15 is 0 Å². The van der Waals surface area contributed by atoms with E-state index in [0.717, 1.165) is 25.9 Å². The van der Waals surface area contributed by atoms with Crippen LogP contribution in [-0.2, 0) is 4.52 Å². The molecule has 2 heteroatoms. The Morgan fingerprint density at radius 2 is 2.21 bits per heavy atom. The largest absolute Gasteiger partial charge is 0.359 e. The zero-order valence-corrected chi connectivity index (χ0v) is 10.4. The number of hydrogen-bond donors (Lipinski definition) is 0. The first-order valence-corrected chi connectivity index (χ1v) is 7.10. The third-order valence-electron chi connectivity index (χ3n) is 2.43. The maximum absolute atomic E-state index is 5.72. The van der Waals surface area contributed by atoms with Gasteiger partial charge in [-0.25, -0.2) is 0 Å². The van der Waals surface area contributed by atoms with Gasteiger partial charge in [-0.05, 0) is 26.2 Å². The highest BCUT2D eigenvalue weighted by Gasteiger charge is 2.26. The molecule has 80 valence electrons. The predicted octanol–water partition coefficient (Wildman–Crippen LogP) is 3.66. The first-order chi connectivity index (χ1) is 6.60. The van der Waals surface area contributed by atoms with E-state index in [1.165, 1.54) is 0 Å². The Labute approximate surface area is 89.8 Å². The van der Waals surface area contributed by atoms with E-state index in [-0.39, 0.29) is 13.6 Å². The molecule has 0 rings (SSSR count). The van der Waals surface area contributed by atoms with Crippen molar-refractivity contribution in [1.82, 2.24) is 0 Å². The van der Waals surface area contributed by atoms with Gasteiger partial charge in [0, 0.05) is 20.0 Å². The summed E-state index contributed by atoms with van der Waals surface area (Å²) >= 11 is 0. The molecule has 0 fully saturated rings. The molecule has 0 bridgehead atoms. The number of hydrogen-bond acceptors (Lipinski definition) is 1. The van der Waals surface area contributed by atoms with E-state index in [1.54, 1.807) is 0 Å². The lowest BCUT2D eigenvalue weighted by molar-refractivity contribution is 0.158. The molecule has 0 aliphatic carbocycles. The Balaban J connectivity index is 4.33. The van der Waals surface area contributed by atoms with Gasteiger partial charge < -0.3 is 4.52 Å². The molecule has 0 aromatic carbocycles. The van der Waals surface area contributed by atoms with Crippen molar-refractivity contribution in [1.29, 1.82) is 0 Å². The molecule has 1 nitrogen and oxygen atoms in total. The van der Waals surface area contributed by atoms with Crippen molar-refractivity contribution >= 4 is 8.15 Å². The number of terminal acetylenes is 1. The van der Waals surface area contributed by atoms with E-state index in [0.29, 0.717) is 0 Å². The summed E-state index contributed by atoms with van der Waals surface area (Å²) in [7, 11) is -0.295. The highest BCUT2D eigenvalue weighted by Crippen LogP contribution is 2.36. The van der Waals surface area contributed by atoms with Gasteiger partial charge >= 0.3 is 0 Å². The predicted molar refractivity (Wildman–Crippen MR) is 65.7 cm³/mol. The van der Waals surface area contributed by atoms with Crippen molar-refractivity contribution in [3.05, 3.63) is 12.7 Å². The molecule has 0 spiro atoms. The molecule has 0 aromatic heterocycles. The molecular weight excluding hydrogens is 191 g/mol. The SMILES string of the molecule is C#CCC(CC)(CC=C)COP(C)C. The maximum Gasteiger partial charge on any atom is 0.0577 e. The fraction of sp³-hybridized carbons (Fsp3) is 0.667. The first-order valence-electron chi connectivity index (χ1n) is 4.95. The molecular formula is C12H21OP. The Bertz CT molecular complexity index is 205. The molecule has 0 aliphatic heterocycles. The van der Waals surface area contributed by atoms with Crippen LogP contribution in [0.15, 0.2) is 12.7 Å². The highest BCUT2D eigenvalue weighted by atomic mass is 31.1. The van der Waals surface area contributed by atoms with Gasteiger partial charge in [0.25, 0.3) is 0 Å². The molecule has 14 heavy (non-hydrogen) atoms. The number of rotatable bonds is 7. The zero-order chi connectivity index (χ0) is 11.0. The third kappa shape index (κ3) is 4.80. The lowest BCUT2D eigenvalue weighted by Gasteiger charge is -2.30. The molecule has 0 saturated carbocycles. The fourth-order valence-electron chi connectivity index (χ4n) is 1.34. The summed E-state index contributed by atoms with van der Waals surface area (Å²) < 4.78 is 5.72. The van der Waals surface area contributed by atoms with Crippen molar-refractivity contribution in [3.8, 4) is 12.3 Å². The second-order valence-electron chi connectivity index (χ2n) is 3.81. The van der Waals surface area contributed by atoms with Gasteiger partial charge in [0.15, 0.2) is 0 Å². The summed E-state index contributed by atoms with van der Waals surface area (Å²) in [5.74, 6) is 2.75. The van der Waals surface area contributed by atoms with Crippen LogP contribution >= 0.6 is 8.15 Å². The van der Waals surface area contributed by atoms with Crippen molar-refractivity contribution in [3.63, 3.8) is 0 Å². The van der Waals surface area contributed by atoms with Crippen LogP contribution in [0.3, 0.4) is 0 Å². The van der Waals surface area contributed by atoms with Crippen LogP contribution in [0, 0.1) is 17.8 Å². The molecule has 1 unspecified atom stereocenters. The molecule has 0 saturated heterocycles. The van der Waals surface area contributed by atoms with E-state index < -0.39 is 0 Å². The second kappa shape index (κ2) is 7.04. The van der Waals surface area contributed by atoms with Gasteiger partial charge in [-0.1, -0.05) is 13.0 Å². The van der Waals surface area contributed by atoms with E-state index in [2.05, 4.69) is 32.8 Å². The van der Waals surface area contributed by atoms with Gasteiger partial charge in [0.05, 0.1) is 6.61 Å². The minimum atomic E-state index is -0.295.